The van der Waals surface area contributed by atoms with E-state index >= 15 is 0 Å². The minimum Gasteiger partial charge on any atom is -0.370 e. The highest BCUT2D eigenvalue weighted by atomic mass is 127. The lowest BCUT2D eigenvalue weighted by atomic mass is 10.1. The Labute approximate surface area is 155 Å². The van der Waals surface area contributed by atoms with Gasteiger partial charge in [-0.1, -0.05) is 6.07 Å². The number of aromatic nitrogens is 1. The van der Waals surface area contributed by atoms with E-state index in [1.807, 2.05) is 18.2 Å². The number of likely N-dealkylation sites (tertiary alicyclic amines) is 1. The molecule has 6 nitrogen and oxygen atoms in total. The third-order valence-electron chi connectivity index (χ3n) is 3.91. The van der Waals surface area contributed by atoms with Crippen LogP contribution in [0.4, 0.5) is 0 Å². The van der Waals surface area contributed by atoms with Crippen LogP contribution in [0.1, 0.15) is 25.0 Å². The first-order valence-electron chi connectivity index (χ1n) is 7.85. The molecule has 0 bridgehead atoms. The first kappa shape index (κ1) is 19.7. The lowest BCUT2D eigenvalue weighted by Crippen LogP contribution is -2.41. The second-order valence-electron chi connectivity index (χ2n) is 5.61. The van der Waals surface area contributed by atoms with Gasteiger partial charge in [0.1, 0.15) is 6.54 Å². The van der Waals surface area contributed by atoms with E-state index in [-0.39, 0.29) is 36.4 Å². The highest BCUT2D eigenvalue weighted by molar-refractivity contribution is 14.0. The average Bonchev–Trinajstić information content (AvgIpc) is 2.58. The molecule has 1 aromatic heterocycles. The van der Waals surface area contributed by atoms with Gasteiger partial charge in [-0.15, -0.1) is 24.0 Å². The van der Waals surface area contributed by atoms with Crippen molar-refractivity contribution in [1.82, 2.24) is 14.8 Å². The van der Waals surface area contributed by atoms with Gasteiger partial charge in [-0.25, -0.2) is 4.99 Å². The first-order chi connectivity index (χ1) is 10.7. The number of pyridine rings is 1. The van der Waals surface area contributed by atoms with Crippen LogP contribution in [-0.2, 0) is 11.2 Å². The molecule has 0 aromatic carbocycles. The van der Waals surface area contributed by atoms with Crippen LogP contribution in [0.2, 0.25) is 0 Å². The van der Waals surface area contributed by atoms with Gasteiger partial charge in [0.2, 0.25) is 5.91 Å². The number of hydrogen-bond donors (Lipinski definition) is 1. The topological polar surface area (TPSA) is 74.8 Å². The summed E-state index contributed by atoms with van der Waals surface area (Å²) in [4.78, 5) is 24.3. The fourth-order valence-corrected chi connectivity index (χ4v) is 2.45. The van der Waals surface area contributed by atoms with E-state index in [0.29, 0.717) is 12.5 Å². The number of nitrogens with two attached hydrogens (primary N) is 1. The second kappa shape index (κ2) is 10.4. The molecule has 0 saturated carbocycles. The van der Waals surface area contributed by atoms with Gasteiger partial charge < -0.3 is 15.5 Å². The minimum absolute atomic E-state index is 0. The molecule has 23 heavy (non-hydrogen) atoms. The van der Waals surface area contributed by atoms with Crippen LogP contribution < -0.4 is 5.73 Å². The standard InChI is InChI=1S/C16H25N5O.HI/c1-20(12-8-14-7-3-4-9-18-14)15(22)13-19-16(17)21-10-5-2-6-11-21;/h3-4,7,9H,2,5-6,8,10-13H2,1H3,(H2,17,19);1H. The summed E-state index contributed by atoms with van der Waals surface area (Å²) in [6.45, 7) is 2.63. The third kappa shape index (κ3) is 6.72. The maximum Gasteiger partial charge on any atom is 0.244 e. The van der Waals surface area contributed by atoms with Crippen molar-refractivity contribution in [3.8, 4) is 0 Å². The maximum atomic E-state index is 12.1. The molecule has 1 amide bonds. The lowest BCUT2D eigenvalue weighted by Gasteiger charge is -2.27. The fraction of sp³-hybridized carbons (Fsp3) is 0.562. The van der Waals surface area contributed by atoms with Crippen LogP contribution >= 0.6 is 24.0 Å². The van der Waals surface area contributed by atoms with Crippen molar-refractivity contribution in [1.29, 1.82) is 0 Å². The van der Waals surface area contributed by atoms with Gasteiger partial charge >= 0.3 is 0 Å². The predicted octanol–water partition coefficient (Wildman–Crippen LogP) is 1.50. The van der Waals surface area contributed by atoms with E-state index in [9.17, 15) is 4.79 Å². The van der Waals surface area contributed by atoms with E-state index < -0.39 is 0 Å². The van der Waals surface area contributed by atoms with Gasteiger partial charge in [-0.05, 0) is 31.4 Å². The van der Waals surface area contributed by atoms with Crippen LogP contribution in [0.5, 0.6) is 0 Å². The monoisotopic (exact) mass is 431 g/mol. The minimum atomic E-state index is -0.0177. The average molecular weight is 431 g/mol. The lowest BCUT2D eigenvalue weighted by molar-refractivity contribution is -0.128. The molecule has 2 N–H and O–H groups in total. The predicted molar refractivity (Wildman–Crippen MR) is 103 cm³/mol. The van der Waals surface area contributed by atoms with Crippen molar-refractivity contribution in [2.24, 2.45) is 10.7 Å². The number of piperidine rings is 1. The van der Waals surface area contributed by atoms with Crippen LogP contribution in [0, 0.1) is 0 Å². The van der Waals surface area contributed by atoms with E-state index in [0.717, 1.165) is 38.0 Å². The molecular weight excluding hydrogens is 405 g/mol. The van der Waals surface area contributed by atoms with Crippen molar-refractivity contribution in [3.63, 3.8) is 0 Å². The first-order valence-corrected chi connectivity index (χ1v) is 7.85. The Morgan fingerprint density at radius 1 is 1.35 bits per heavy atom. The second-order valence-corrected chi connectivity index (χ2v) is 5.61. The summed E-state index contributed by atoms with van der Waals surface area (Å²) in [6.07, 6.45) is 6.05. The van der Waals surface area contributed by atoms with Gasteiger partial charge in [0.25, 0.3) is 0 Å². The normalized spacial score (nSPS) is 15.0. The summed E-state index contributed by atoms with van der Waals surface area (Å²) in [5.74, 6) is 0.474. The molecule has 0 aliphatic carbocycles. The molecule has 1 aromatic rings. The molecule has 1 aliphatic heterocycles. The summed E-state index contributed by atoms with van der Waals surface area (Å²) in [6, 6.07) is 5.80. The summed E-state index contributed by atoms with van der Waals surface area (Å²) >= 11 is 0. The quantitative estimate of drug-likeness (QED) is 0.436. The molecule has 0 spiro atoms. The Morgan fingerprint density at radius 2 is 2.09 bits per heavy atom. The SMILES string of the molecule is CN(CCc1ccccn1)C(=O)CN=C(N)N1CCCCC1.I. The van der Waals surface area contributed by atoms with Gasteiger partial charge in [-0.2, -0.15) is 0 Å². The molecule has 0 unspecified atom stereocenters. The number of nitrogens with zero attached hydrogens (tertiary/aromatic N) is 4. The number of rotatable bonds is 5. The van der Waals surface area contributed by atoms with Crippen LogP contribution in [0.3, 0.4) is 0 Å². The smallest absolute Gasteiger partial charge is 0.244 e. The molecular formula is C16H26IN5O. The molecule has 1 saturated heterocycles. The number of amides is 1. The van der Waals surface area contributed by atoms with Crippen LogP contribution in [0.25, 0.3) is 0 Å². The molecule has 0 atom stereocenters. The summed E-state index contributed by atoms with van der Waals surface area (Å²) in [5, 5.41) is 0. The van der Waals surface area contributed by atoms with Crippen molar-refractivity contribution in [3.05, 3.63) is 30.1 Å². The number of halogens is 1. The van der Waals surface area contributed by atoms with E-state index in [4.69, 9.17) is 5.73 Å². The van der Waals surface area contributed by atoms with Gasteiger partial charge in [0.05, 0.1) is 0 Å². The van der Waals surface area contributed by atoms with E-state index in [1.54, 1.807) is 18.1 Å². The third-order valence-corrected chi connectivity index (χ3v) is 3.91. The van der Waals surface area contributed by atoms with Crippen LogP contribution in [-0.4, -0.2) is 59.9 Å². The van der Waals surface area contributed by atoms with Crippen molar-refractivity contribution >= 4 is 35.8 Å². The Hall–Kier alpha value is -1.38. The largest absolute Gasteiger partial charge is 0.370 e. The molecule has 2 rings (SSSR count). The molecule has 2 heterocycles. The zero-order valence-corrected chi connectivity index (χ0v) is 16.0. The number of hydrogen-bond acceptors (Lipinski definition) is 3. The van der Waals surface area contributed by atoms with E-state index in [2.05, 4.69) is 14.9 Å². The summed E-state index contributed by atoms with van der Waals surface area (Å²) in [7, 11) is 1.79. The van der Waals surface area contributed by atoms with Crippen molar-refractivity contribution in [2.45, 2.75) is 25.7 Å². The van der Waals surface area contributed by atoms with E-state index in [1.165, 1.54) is 6.42 Å². The number of guanidine groups is 1. The highest BCUT2D eigenvalue weighted by Gasteiger charge is 2.13. The molecule has 128 valence electrons. The number of carbonyl (C=O) groups excluding carboxylic acids is 1. The Balaban J connectivity index is 0.00000264. The molecule has 1 aliphatic rings. The Bertz CT molecular complexity index is 502. The Morgan fingerprint density at radius 3 is 2.74 bits per heavy atom. The zero-order chi connectivity index (χ0) is 15.8. The number of carbonyl (C=O) groups is 1. The maximum absolute atomic E-state index is 12.1. The summed E-state index contributed by atoms with van der Waals surface area (Å²) in [5.41, 5.74) is 6.94. The number of likely N-dealkylation sites (N-methyl/N-ethyl adjacent to an activating group) is 1. The van der Waals surface area contributed by atoms with Crippen molar-refractivity contribution in [2.75, 3.05) is 33.2 Å². The Kier molecular flexibility index (Phi) is 8.90. The molecule has 1 fully saturated rings. The van der Waals surface area contributed by atoms with Crippen molar-refractivity contribution < 1.29 is 4.79 Å². The number of aliphatic imine (C=N–C) groups is 1. The van der Waals surface area contributed by atoms with Gasteiger partial charge in [-0.3, -0.25) is 9.78 Å². The molecule has 7 heteroatoms. The van der Waals surface area contributed by atoms with Gasteiger partial charge in [0.15, 0.2) is 5.96 Å². The van der Waals surface area contributed by atoms with Gasteiger partial charge in [0, 0.05) is 45.0 Å². The highest BCUT2D eigenvalue weighted by Crippen LogP contribution is 2.07. The molecule has 0 radical (unpaired) electrons. The van der Waals surface area contributed by atoms with Crippen LogP contribution in [0.15, 0.2) is 29.4 Å². The zero-order valence-electron chi connectivity index (χ0n) is 13.6. The fourth-order valence-electron chi connectivity index (χ4n) is 2.45. The summed E-state index contributed by atoms with van der Waals surface area (Å²) < 4.78 is 0.